The van der Waals surface area contributed by atoms with Crippen molar-refractivity contribution in [2.45, 2.75) is 38.1 Å². The largest absolute Gasteiger partial charge is 0.486 e. The third-order valence-corrected chi connectivity index (χ3v) is 4.11. The summed E-state index contributed by atoms with van der Waals surface area (Å²) in [5, 5.41) is 0. The van der Waals surface area contributed by atoms with Crippen molar-refractivity contribution in [3.05, 3.63) is 23.8 Å². The number of hydrogen-bond acceptors (Lipinski definition) is 3. The van der Waals surface area contributed by atoms with E-state index in [2.05, 4.69) is 6.07 Å². The first kappa shape index (κ1) is 11.8. The number of nitrogens with two attached hydrogens (primary N) is 1. The highest BCUT2D eigenvalue weighted by molar-refractivity contribution is 5.49. The number of ether oxygens (including phenoxy) is 2. The molecule has 3 rings (SSSR count). The Morgan fingerprint density at radius 3 is 2.67 bits per heavy atom. The molecule has 3 nitrogen and oxygen atoms in total. The normalized spacial score (nSPS) is 21.6. The van der Waals surface area contributed by atoms with Gasteiger partial charge in [0.05, 0.1) is 0 Å². The first-order valence-electron chi connectivity index (χ1n) is 7.00. The quantitative estimate of drug-likeness (QED) is 0.873. The van der Waals surface area contributed by atoms with Crippen molar-refractivity contribution < 1.29 is 9.47 Å². The van der Waals surface area contributed by atoms with Gasteiger partial charge < -0.3 is 15.2 Å². The smallest absolute Gasteiger partial charge is 0.166 e. The van der Waals surface area contributed by atoms with E-state index in [4.69, 9.17) is 15.2 Å². The van der Waals surface area contributed by atoms with Crippen molar-refractivity contribution in [2.24, 2.45) is 11.7 Å². The Bertz CT molecular complexity index is 413. The molecule has 1 fully saturated rings. The average Bonchev–Trinajstić information content (AvgIpc) is 2.47. The summed E-state index contributed by atoms with van der Waals surface area (Å²) >= 11 is 0. The average molecular weight is 247 g/mol. The molecule has 2 N–H and O–H groups in total. The van der Waals surface area contributed by atoms with Crippen LogP contribution in [0.1, 0.15) is 43.7 Å². The fourth-order valence-corrected chi connectivity index (χ4v) is 3.11. The highest BCUT2D eigenvalue weighted by Crippen LogP contribution is 2.41. The summed E-state index contributed by atoms with van der Waals surface area (Å²) in [7, 11) is 0. The molecule has 1 heterocycles. The van der Waals surface area contributed by atoms with E-state index >= 15 is 0 Å². The fraction of sp³-hybridized carbons (Fsp3) is 0.600. The van der Waals surface area contributed by atoms with Crippen molar-refractivity contribution in [2.75, 3.05) is 13.2 Å². The van der Waals surface area contributed by atoms with Gasteiger partial charge in [0, 0.05) is 11.6 Å². The molecule has 1 aliphatic heterocycles. The molecule has 1 aromatic carbocycles. The molecule has 2 aliphatic rings. The minimum Gasteiger partial charge on any atom is -0.486 e. The molecular formula is C15H21NO2. The Balaban J connectivity index is 1.86. The zero-order valence-electron chi connectivity index (χ0n) is 10.7. The zero-order valence-corrected chi connectivity index (χ0v) is 10.7. The standard InChI is InChI=1S/C15H21NO2/c16-14(11-5-2-1-3-6-11)12-7-4-8-13-15(12)18-10-9-17-13/h4,7-8,11,14H,1-3,5-6,9-10,16H2/t14-/m1/s1. The topological polar surface area (TPSA) is 44.5 Å². The van der Waals surface area contributed by atoms with Crippen LogP contribution in [0.15, 0.2) is 18.2 Å². The van der Waals surface area contributed by atoms with Crippen LogP contribution in [-0.2, 0) is 0 Å². The van der Waals surface area contributed by atoms with E-state index in [9.17, 15) is 0 Å². The molecule has 3 heteroatoms. The Hall–Kier alpha value is -1.22. The molecule has 0 amide bonds. The molecule has 1 saturated carbocycles. The van der Waals surface area contributed by atoms with E-state index in [1.54, 1.807) is 0 Å². The molecule has 0 radical (unpaired) electrons. The van der Waals surface area contributed by atoms with Crippen molar-refractivity contribution >= 4 is 0 Å². The summed E-state index contributed by atoms with van der Waals surface area (Å²) in [4.78, 5) is 0. The maximum absolute atomic E-state index is 6.46. The Kier molecular flexibility index (Phi) is 3.41. The lowest BCUT2D eigenvalue weighted by Gasteiger charge is -2.30. The van der Waals surface area contributed by atoms with Crippen LogP contribution in [0.2, 0.25) is 0 Å². The number of rotatable bonds is 2. The fourth-order valence-electron chi connectivity index (χ4n) is 3.11. The number of hydrogen-bond donors (Lipinski definition) is 1. The molecule has 98 valence electrons. The molecule has 0 bridgehead atoms. The minimum atomic E-state index is 0.0851. The first-order valence-corrected chi connectivity index (χ1v) is 7.00. The second-order valence-corrected chi connectivity index (χ2v) is 5.30. The van der Waals surface area contributed by atoms with E-state index in [0.717, 1.165) is 17.1 Å². The SMILES string of the molecule is N[C@@H](c1cccc2c1OCCO2)C1CCCCC1. The van der Waals surface area contributed by atoms with Crippen LogP contribution in [0.5, 0.6) is 11.5 Å². The van der Waals surface area contributed by atoms with E-state index in [1.807, 2.05) is 12.1 Å². The molecule has 18 heavy (non-hydrogen) atoms. The summed E-state index contributed by atoms with van der Waals surface area (Å²) in [5.41, 5.74) is 7.58. The van der Waals surface area contributed by atoms with E-state index in [-0.39, 0.29) is 6.04 Å². The predicted octanol–water partition coefficient (Wildman–Crippen LogP) is 3.04. The van der Waals surface area contributed by atoms with Gasteiger partial charge in [0.25, 0.3) is 0 Å². The Morgan fingerprint density at radius 1 is 1.06 bits per heavy atom. The Labute approximate surface area is 108 Å². The van der Waals surface area contributed by atoms with Crippen LogP contribution in [0, 0.1) is 5.92 Å². The molecule has 1 atom stereocenters. The number of benzene rings is 1. The lowest BCUT2D eigenvalue weighted by atomic mass is 9.81. The van der Waals surface area contributed by atoms with E-state index in [1.165, 1.54) is 32.1 Å². The van der Waals surface area contributed by atoms with Gasteiger partial charge in [0.15, 0.2) is 11.5 Å². The predicted molar refractivity (Wildman–Crippen MR) is 70.9 cm³/mol. The van der Waals surface area contributed by atoms with Gasteiger partial charge in [-0.25, -0.2) is 0 Å². The van der Waals surface area contributed by atoms with Crippen LogP contribution >= 0.6 is 0 Å². The second kappa shape index (κ2) is 5.19. The first-order chi connectivity index (χ1) is 8.86. The minimum absolute atomic E-state index is 0.0851. The van der Waals surface area contributed by atoms with Gasteiger partial charge in [0.1, 0.15) is 13.2 Å². The third kappa shape index (κ3) is 2.19. The summed E-state index contributed by atoms with van der Waals surface area (Å²) < 4.78 is 11.4. The highest BCUT2D eigenvalue weighted by atomic mass is 16.6. The van der Waals surface area contributed by atoms with Crippen molar-refractivity contribution in [1.29, 1.82) is 0 Å². The van der Waals surface area contributed by atoms with Gasteiger partial charge in [-0.05, 0) is 24.8 Å². The van der Waals surface area contributed by atoms with Crippen molar-refractivity contribution in [1.82, 2.24) is 0 Å². The lowest BCUT2D eigenvalue weighted by molar-refractivity contribution is 0.167. The molecule has 1 aliphatic carbocycles. The van der Waals surface area contributed by atoms with Gasteiger partial charge in [-0.15, -0.1) is 0 Å². The molecule has 0 aromatic heterocycles. The summed E-state index contributed by atoms with van der Waals surface area (Å²) in [5.74, 6) is 2.32. The summed E-state index contributed by atoms with van der Waals surface area (Å²) in [6.07, 6.45) is 6.46. The van der Waals surface area contributed by atoms with Crippen molar-refractivity contribution in [3.8, 4) is 11.5 Å². The maximum atomic E-state index is 6.46. The third-order valence-electron chi connectivity index (χ3n) is 4.11. The maximum Gasteiger partial charge on any atom is 0.166 e. The van der Waals surface area contributed by atoms with Crippen LogP contribution in [0.4, 0.5) is 0 Å². The van der Waals surface area contributed by atoms with Crippen LogP contribution < -0.4 is 15.2 Å². The molecule has 0 unspecified atom stereocenters. The number of para-hydroxylation sites is 1. The molecule has 0 spiro atoms. The summed E-state index contributed by atoms with van der Waals surface area (Å²) in [6, 6.07) is 6.16. The van der Waals surface area contributed by atoms with Crippen LogP contribution in [0.3, 0.4) is 0 Å². The van der Waals surface area contributed by atoms with Crippen LogP contribution in [0.25, 0.3) is 0 Å². The van der Waals surface area contributed by atoms with E-state index in [0.29, 0.717) is 19.1 Å². The van der Waals surface area contributed by atoms with Gasteiger partial charge in [-0.3, -0.25) is 0 Å². The lowest BCUT2D eigenvalue weighted by Crippen LogP contribution is -2.25. The number of fused-ring (bicyclic) bond motifs is 1. The van der Waals surface area contributed by atoms with E-state index < -0.39 is 0 Å². The van der Waals surface area contributed by atoms with Gasteiger partial charge in [-0.1, -0.05) is 31.4 Å². The van der Waals surface area contributed by atoms with Crippen molar-refractivity contribution in [3.63, 3.8) is 0 Å². The van der Waals surface area contributed by atoms with Gasteiger partial charge >= 0.3 is 0 Å². The van der Waals surface area contributed by atoms with Gasteiger partial charge in [0.2, 0.25) is 0 Å². The summed E-state index contributed by atoms with van der Waals surface area (Å²) in [6.45, 7) is 1.26. The molecule has 1 aromatic rings. The van der Waals surface area contributed by atoms with Crippen LogP contribution in [-0.4, -0.2) is 13.2 Å². The zero-order chi connectivity index (χ0) is 12.4. The molecular weight excluding hydrogens is 226 g/mol. The Morgan fingerprint density at radius 2 is 1.83 bits per heavy atom. The van der Waals surface area contributed by atoms with Gasteiger partial charge in [-0.2, -0.15) is 0 Å². The second-order valence-electron chi connectivity index (χ2n) is 5.30. The highest BCUT2D eigenvalue weighted by Gasteiger charge is 2.26. The monoisotopic (exact) mass is 247 g/mol. The molecule has 0 saturated heterocycles.